The molecule has 17 heavy (non-hydrogen) atoms. The van der Waals surface area contributed by atoms with Crippen LogP contribution in [-0.4, -0.2) is 35.6 Å². The summed E-state index contributed by atoms with van der Waals surface area (Å²) in [5.41, 5.74) is 6.89. The Bertz CT molecular complexity index is 396. The lowest BCUT2D eigenvalue weighted by molar-refractivity contribution is 0.0265. The summed E-state index contributed by atoms with van der Waals surface area (Å²) in [7, 11) is 1.80. The van der Waals surface area contributed by atoms with Gasteiger partial charge in [-0.2, -0.15) is 0 Å². The van der Waals surface area contributed by atoms with Gasteiger partial charge in [0.1, 0.15) is 0 Å². The largest absolute Gasteiger partial charge is 0.399 e. The first-order chi connectivity index (χ1) is 8.06. The smallest absolute Gasteiger partial charge is 0.253 e. The minimum Gasteiger partial charge on any atom is -0.399 e. The molecule has 0 heterocycles. The van der Waals surface area contributed by atoms with Crippen LogP contribution in [0.1, 0.15) is 23.2 Å². The van der Waals surface area contributed by atoms with Crippen molar-refractivity contribution in [2.75, 3.05) is 19.3 Å². The molecule has 0 atom stereocenters. The highest BCUT2D eigenvalue weighted by Crippen LogP contribution is 2.27. The molecule has 3 N–H and O–H groups in total. The molecule has 0 radical (unpaired) electrons. The summed E-state index contributed by atoms with van der Waals surface area (Å²) in [5.74, 6) is 0.444. The molecule has 1 saturated carbocycles. The van der Waals surface area contributed by atoms with Crippen molar-refractivity contribution in [2.24, 2.45) is 5.92 Å². The van der Waals surface area contributed by atoms with Gasteiger partial charge in [0.25, 0.3) is 5.91 Å². The number of rotatable bonds is 3. The number of aliphatic hydroxyl groups is 1. The zero-order chi connectivity index (χ0) is 12.4. The van der Waals surface area contributed by atoms with Crippen LogP contribution in [0.4, 0.5) is 5.69 Å². The van der Waals surface area contributed by atoms with E-state index in [4.69, 9.17) is 5.73 Å². The van der Waals surface area contributed by atoms with Gasteiger partial charge in [0.15, 0.2) is 0 Å². The van der Waals surface area contributed by atoms with E-state index in [1.165, 1.54) is 0 Å². The Morgan fingerprint density at radius 2 is 2.00 bits per heavy atom. The average Bonchev–Trinajstić information content (AvgIpc) is 2.27. The Hall–Kier alpha value is -1.55. The molecule has 0 saturated heterocycles. The Morgan fingerprint density at radius 1 is 1.41 bits per heavy atom. The highest BCUT2D eigenvalue weighted by atomic mass is 16.3. The van der Waals surface area contributed by atoms with Gasteiger partial charge < -0.3 is 15.7 Å². The molecule has 0 bridgehead atoms. The second kappa shape index (κ2) is 4.75. The molecule has 92 valence electrons. The Kier molecular flexibility index (Phi) is 3.33. The van der Waals surface area contributed by atoms with Crippen LogP contribution in [0.25, 0.3) is 0 Å². The molecule has 0 unspecified atom stereocenters. The van der Waals surface area contributed by atoms with Crippen molar-refractivity contribution in [1.29, 1.82) is 0 Å². The quantitative estimate of drug-likeness (QED) is 0.770. The fraction of sp³-hybridized carbons (Fsp3) is 0.462. The monoisotopic (exact) mass is 234 g/mol. The number of nitrogen functional groups attached to an aromatic ring is 1. The molecule has 1 aliphatic carbocycles. The van der Waals surface area contributed by atoms with Gasteiger partial charge in [0, 0.05) is 24.8 Å². The molecule has 4 nitrogen and oxygen atoms in total. The van der Waals surface area contributed by atoms with Crippen LogP contribution in [0.3, 0.4) is 0 Å². The van der Waals surface area contributed by atoms with Crippen LogP contribution >= 0.6 is 0 Å². The first-order valence-corrected chi connectivity index (χ1v) is 5.85. The molecule has 2 rings (SSSR count). The fourth-order valence-corrected chi connectivity index (χ4v) is 2.17. The minimum absolute atomic E-state index is 0.00592. The van der Waals surface area contributed by atoms with Crippen LogP contribution in [0.15, 0.2) is 24.3 Å². The standard InChI is InChI=1S/C13H18N2O2/c1-15(8-9-6-12(16)7-9)13(17)10-2-4-11(14)5-3-10/h2-5,9,12,16H,6-8,14H2,1H3. The highest BCUT2D eigenvalue weighted by Gasteiger charge is 2.29. The van der Waals surface area contributed by atoms with Gasteiger partial charge in [0.05, 0.1) is 6.10 Å². The second-order valence-corrected chi connectivity index (χ2v) is 4.80. The van der Waals surface area contributed by atoms with E-state index in [1.54, 1.807) is 36.2 Å². The fourth-order valence-electron chi connectivity index (χ4n) is 2.17. The summed E-state index contributed by atoms with van der Waals surface area (Å²) in [6, 6.07) is 6.94. The highest BCUT2D eigenvalue weighted by molar-refractivity contribution is 5.94. The van der Waals surface area contributed by atoms with E-state index in [9.17, 15) is 9.90 Å². The van der Waals surface area contributed by atoms with Crippen LogP contribution < -0.4 is 5.73 Å². The molecule has 0 aromatic heterocycles. The molecular weight excluding hydrogens is 216 g/mol. The van der Waals surface area contributed by atoms with Crippen molar-refractivity contribution in [3.8, 4) is 0 Å². The number of carbonyl (C=O) groups is 1. The number of nitrogens with zero attached hydrogens (tertiary/aromatic N) is 1. The SMILES string of the molecule is CN(CC1CC(O)C1)C(=O)c1ccc(N)cc1. The predicted molar refractivity (Wildman–Crippen MR) is 66.5 cm³/mol. The maximum Gasteiger partial charge on any atom is 0.253 e. The molecule has 1 aliphatic rings. The average molecular weight is 234 g/mol. The van der Waals surface area contributed by atoms with E-state index < -0.39 is 0 Å². The van der Waals surface area contributed by atoms with E-state index in [0.29, 0.717) is 23.7 Å². The summed E-state index contributed by atoms with van der Waals surface area (Å²) >= 11 is 0. The molecule has 0 aliphatic heterocycles. The van der Waals surface area contributed by atoms with Gasteiger partial charge in [-0.1, -0.05) is 0 Å². The van der Waals surface area contributed by atoms with Crippen molar-refractivity contribution in [2.45, 2.75) is 18.9 Å². The summed E-state index contributed by atoms with van der Waals surface area (Å²) in [6.07, 6.45) is 1.44. The lowest BCUT2D eigenvalue weighted by atomic mass is 9.82. The first-order valence-electron chi connectivity index (χ1n) is 5.85. The van der Waals surface area contributed by atoms with Gasteiger partial charge >= 0.3 is 0 Å². The van der Waals surface area contributed by atoms with E-state index in [-0.39, 0.29) is 12.0 Å². The van der Waals surface area contributed by atoms with Crippen LogP contribution in [-0.2, 0) is 0 Å². The lowest BCUT2D eigenvalue weighted by Crippen LogP contribution is -2.39. The van der Waals surface area contributed by atoms with Crippen LogP contribution in [0.2, 0.25) is 0 Å². The summed E-state index contributed by atoms with van der Waals surface area (Å²) in [6.45, 7) is 0.709. The van der Waals surface area contributed by atoms with Crippen molar-refractivity contribution < 1.29 is 9.90 Å². The molecule has 1 aromatic rings. The van der Waals surface area contributed by atoms with Crippen molar-refractivity contribution >= 4 is 11.6 Å². The lowest BCUT2D eigenvalue weighted by Gasteiger charge is -2.34. The number of carbonyl (C=O) groups excluding carboxylic acids is 1. The number of hydrogen-bond acceptors (Lipinski definition) is 3. The maximum absolute atomic E-state index is 12.0. The van der Waals surface area contributed by atoms with Gasteiger partial charge in [-0.05, 0) is 43.0 Å². The van der Waals surface area contributed by atoms with E-state index in [1.807, 2.05) is 0 Å². The van der Waals surface area contributed by atoms with Crippen LogP contribution in [0.5, 0.6) is 0 Å². The number of aliphatic hydroxyl groups excluding tert-OH is 1. The van der Waals surface area contributed by atoms with Gasteiger partial charge in [-0.25, -0.2) is 0 Å². The van der Waals surface area contributed by atoms with Crippen molar-refractivity contribution in [3.63, 3.8) is 0 Å². The van der Waals surface area contributed by atoms with E-state index in [2.05, 4.69) is 0 Å². The number of benzene rings is 1. The first kappa shape index (κ1) is 11.9. The number of nitrogens with two attached hydrogens (primary N) is 1. The number of anilines is 1. The normalized spacial score (nSPS) is 22.9. The summed E-state index contributed by atoms with van der Waals surface area (Å²) < 4.78 is 0. The summed E-state index contributed by atoms with van der Waals surface area (Å²) in [4.78, 5) is 13.7. The molecule has 1 amide bonds. The Labute approximate surface area is 101 Å². The predicted octanol–water partition coefficient (Wildman–Crippen LogP) is 1.11. The van der Waals surface area contributed by atoms with Crippen molar-refractivity contribution in [1.82, 2.24) is 4.90 Å². The molecule has 1 aromatic carbocycles. The second-order valence-electron chi connectivity index (χ2n) is 4.80. The van der Waals surface area contributed by atoms with Crippen molar-refractivity contribution in [3.05, 3.63) is 29.8 Å². The minimum atomic E-state index is -0.167. The third kappa shape index (κ3) is 2.77. The van der Waals surface area contributed by atoms with Gasteiger partial charge in [0.2, 0.25) is 0 Å². The maximum atomic E-state index is 12.0. The number of hydrogen-bond donors (Lipinski definition) is 2. The Balaban J connectivity index is 1.92. The Morgan fingerprint density at radius 3 is 2.53 bits per heavy atom. The zero-order valence-corrected chi connectivity index (χ0v) is 9.97. The van der Waals surface area contributed by atoms with E-state index in [0.717, 1.165) is 12.8 Å². The van der Waals surface area contributed by atoms with Crippen LogP contribution in [0, 0.1) is 5.92 Å². The zero-order valence-electron chi connectivity index (χ0n) is 9.97. The molecule has 4 heteroatoms. The summed E-state index contributed by atoms with van der Waals surface area (Å²) in [5, 5.41) is 9.20. The molecule has 0 spiro atoms. The molecule has 1 fully saturated rings. The topological polar surface area (TPSA) is 66.6 Å². The number of amides is 1. The third-order valence-electron chi connectivity index (χ3n) is 3.25. The molecular formula is C13H18N2O2. The van der Waals surface area contributed by atoms with E-state index >= 15 is 0 Å². The van der Waals surface area contributed by atoms with Gasteiger partial charge in [-0.15, -0.1) is 0 Å². The third-order valence-corrected chi connectivity index (χ3v) is 3.25. The van der Waals surface area contributed by atoms with Gasteiger partial charge in [-0.3, -0.25) is 4.79 Å².